The second-order valence-corrected chi connectivity index (χ2v) is 10.1. The van der Waals surface area contributed by atoms with Crippen LogP contribution < -0.4 is 5.32 Å². The molecule has 3 heterocycles. The Bertz CT molecular complexity index is 1460. The number of furan rings is 1. The van der Waals surface area contributed by atoms with Gasteiger partial charge in [0.25, 0.3) is 0 Å². The number of anilines is 1. The van der Waals surface area contributed by atoms with E-state index in [1.165, 1.54) is 23.1 Å². The van der Waals surface area contributed by atoms with E-state index in [4.69, 9.17) is 16.0 Å². The van der Waals surface area contributed by atoms with Crippen molar-refractivity contribution in [1.29, 1.82) is 0 Å². The summed E-state index contributed by atoms with van der Waals surface area (Å²) in [7, 11) is 0. The fraction of sp³-hybridized carbons (Fsp3) is 0.120. The average Bonchev–Trinajstić information content (AvgIpc) is 3.61. The van der Waals surface area contributed by atoms with Crippen LogP contribution in [0.4, 0.5) is 5.13 Å². The minimum absolute atomic E-state index is 0.154. The van der Waals surface area contributed by atoms with Gasteiger partial charge in [-0.1, -0.05) is 59.8 Å². The topological polar surface area (TPSA) is 85.8 Å². The number of aromatic nitrogens is 4. The molecule has 1 amide bonds. The monoisotopic (exact) mass is 521 g/mol. The highest BCUT2D eigenvalue weighted by Crippen LogP contribution is 2.30. The lowest BCUT2D eigenvalue weighted by Crippen LogP contribution is -2.14. The van der Waals surface area contributed by atoms with Gasteiger partial charge in [0.15, 0.2) is 16.0 Å². The first kappa shape index (κ1) is 23.3. The Kier molecular flexibility index (Phi) is 6.98. The number of thioether (sulfide) groups is 1. The van der Waals surface area contributed by atoms with Crippen molar-refractivity contribution in [2.75, 3.05) is 11.1 Å². The van der Waals surface area contributed by atoms with Gasteiger partial charge in [0, 0.05) is 22.5 Å². The minimum atomic E-state index is -0.174. The number of amides is 1. The molecular formula is C25H20ClN5O2S2. The lowest BCUT2D eigenvalue weighted by molar-refractivity contribution is -0.113. The van der Waals surface area contributed by atoms with Crippen molar-refractivity contribution in [3.8, 4) is 17.3 Å². The molecule has 0 spiro atoms. The highest BCUT2D eigenvalue weighted by atomic mass is 35.5. The maximum Gasteiger partial charge on any atom is 0.236 e. The van der Waals surface area contributed by atoms with Gasteiger partial charge in [0.05, 0.1) is 17.7 Å². The molecule has 0 radical (unpaired) electrons. The molecule has 35 heavy (non-hydrogen) atoms. The van der Waals surface area contributed by atoms with E-state index >= 15 is 0 Å². The molecule has 5 aromatic rings. The maximum absolute atomic E-state index is 12.7. The molecule has 1 N–H and O–H groups in total. The van der Waals surface area contributed by atoms with Crippen molar-refractivity contribution in [2.45, 2.75) is 18.5 Å². The lowest BCUT2D eigenvalue weighted by Gasteiger charge is -2.11. The number of carbonyl (C=O) groups is 1. The van der Waals surface area contributed by atoms with Gasteiger partial charge in [-0.15, -0.1) is 21.5 Å². The Morgan fingerprint density at radius 2 is 1.94 bits per heavy atom. The molecule has 0 atom stereocenters. The van der Waals surface area contributed by atoms with E-state index in [9.17, 15) is 4.79 Å². The molecule has 0 aliphatic rings. The van der Waals surface area contributed by atoms with Crippen LogP contribution in [0.1, 0.15) is 16.0 Å². The normalized spacial score (nSPS) is 11.0. The Morgan fingerprint density at radius 3 is 2.74 bits per heavy atom. The first-order valence-corrected chi connectivity index (χ1v) is 12.9. The quantitative estimate of drug-likeness (QED) is 0.242. The fourth-order valence-electron chi connectivity index (χ4n) is 3.52. The molecule has 0 saturated heterocycles. The van der Waals surface area contributed by atoms with Crippen LogP contribution in [0.15, 0.2) is 82.7 Å². The van der Waals surface area contributed by atoms with E-state index in [0.717, 1.165) is 26.7 Å². The van der Waals surface area contributed by atoms with Gasteiger partial charge >= 0.3 is 0 Å². The van der Waals surface area contributed by atoms with Gasteiger partial charge in [-0.2, -0.15) is 0 Å². The van der Waals surface area contributed by atoms with Gasteiger partial charge in [0.1, 0.15) is 0 Å². The van der Waals surface area contributed by atoms with Crippen molar-refractivity contribution in [1.82, 2.24) is 19.7 Å². The number of halogens is 1. The molecule has 0 saturated carbocycles. The Labute approximate surface area is 215 Å². The third-order valence-electron chi connectivity index (χ3n) is 5.19. The number of hydrogen-bond donors (Lipinski definition) is 1. The lowest BCUT2D eigenvalue weighted by atomic mass is 10.1. The molecule has 0 bridgehead atoms. The summed E-state index contributed by atoms with van der Waals surface area (Å²) in [5.41, 5.74) is 3.00. The summed E-state index contributed by atoms with van der Waals surface area (Å²) in [5, 5.41) is 13.4. The predicted molar refractivity (Wildman–Crippen MR) is 140 cm³/mol. The van der Waals surface area contributed by atoms with Crippen molar-refractivity contribution >= 4 is 45.7 Å². The summed E-state index contributed by atoms with van der Waals surface area (Å²) in [6, 6.07) is 19.3. The predicted octanol–water partition coefficient (Wildman–Crippen LogP) is 6.27. The maximum atomic E-state index is 12.7. The zero-order chi connectivity index (χ0) is 24.2. The molecule has 0 unspecified atom stereocenters. The van der Waals surface area contributed by atoms with Crippen molar-refractivity contribution in [2.24, 2.45) is 0 Å². The standard InChI is InChI=1S/C25H20ClN5O2S2/c1-16-7-2-5-10-20(16)31-23(21-11-6-12-33-21)29-30-25(31)34-15-22(32)28-24-27-14-18(35-24)13-17-8-3-4-9-19(17)26/h2-12,14H,13,15H2,1H3,(H,27,28,32). The second kappa shape index (κ2) is 10.5. The van der Waals surface area contributed by atoms with E-state index in [1.54, 1.807) is 18.5 Å². The molecule has 0 aliphatic carbocycles. The largest absolute Gasteiger partial charge is 0.461 e. The van der Waals surface area contributed by atoms with E-state index in [1.807, 2.05) is 66.1 Å². The van der Waals surface area contributed by atoms with E-state index in [-0.39, 0.29) is 11.7 Å². The molecule has 0 fully saturated rings. The summed E-state index contributed by atoms with van der Waals surface area (Å²) in [5.74, 6) is 1.16. The summed E-state index contributed by atoms with van der Waals surface area (Å²) in [6.45, 7) is 2.02. The van der Waals surface area contributed by atoms with Crippen molar-refractivity contribution in [3.63, 3.8) is 0 Å². The van der Waals surface area contributed by atoms with Crippen molar-refractivity contribution < 1.29 is 9.21 Å². The van der Waals surface area contributed by atoms with Gasteiger partial charge in [-0.05, 0) is 42.3 Å². The Hall–Kier alpha value is -3.40. The smallest absolute Gasteiger partial charge is 0.236 e. The van der Waals surface area contributed by atoms with Gasteiger partial charge in [0.2, 0.25) is 11.7 Å². The van der Waals surface area contributed by atoms with Crippen LogP contribution in [0.5, 0.6) is 0 Å². The van der Waals surface area contributed by atoms with Gasteiger partial charge < -0.3 is 9.73 Å². The fourth-order valence-corrected chi connectivity index (χ4v) is 5.32. The minimum Gasteiger partial charge on any atom is -0.461 e. The summed E-state index contributed by atoms with van der Waals surface area (Å²) >= 11 is 9.00. The van der Waals surface area contributed by atoms with Crippen LogP contribution in [0.2, 0.25) is 5.02 Å². The van der Waals surface area contributed by atoms with Crippen LogP contribution in [0, 0.1) is 6.92 Å². The highest BCUT2D eigenvalue weighted by Gasteiger charge is 2.20. The van der Waals surface area contributed by atoms with Crippen LogP contribution in [-0.2, 0) is 11.2 Å². The van der Waals surface area contributed by atoms with Gasteiger partial charge in [-0.3, -0.25) is 9.36 Å². The Morgan fingerprint density at radius 1 is 1.11 bits per heavy atom. The first-order valence-electron chi connectivity index (χ1n) is 10.7. The summed E-state index contributed by atoms with van der Waals surface area (Å²) in [4.78, 5) is 18.1. The first-order chi connectivity index (χ1) is 17.1. The third kappa shape index (κ3) is 5.32. The number of hydrogen-bond acceptors (Lipinski definition) is 7. The molecule has 2 aromatic carbocycles. The number of thiazole rings is 1. The van der Waals surface area contributed by atoms with Crippen LogP contribution >= 0.6 is 34.7 Å². The van der Waals surface area contributed by atoms with Crippen LogP contribution in [0.25, 0.3) is 17.3 Å². The zero-order valence-corrected chi connectivity index (χ0v) is 21.0. The van der Waals surface area contributed by atoms with E-state index in [0.29, 0.717) is 28.3 Å². The SMILES string of the molecule is Cc1ccccc1-n1c(SCC(=O)Nc2ncc(Cc3ccccc3Cl)s2)nnc1-c1ccco1. The van der Waals surface area contributed by atoms with E-state index < -0.39 is 0 Å². The highest BCUT2D eigenvalue weighted by molar-refractivity contribution is 7.99. The number of para-hydroxylation sites is 1. The average molecular weight is 522 g/mol. The molecule has 3 aromatic heterocycles. The second-order valence-electron chi connectivity index (χ2n) is 7.64. The van der Waals surface area contributed by atoms with Gasteiger partial charge in [-0.25, -0.2) is 4.98 Å². The molecule has 7 nitrogen and oxygen atoms in total. The number of carbonyl (C=O) groups excluding carboxylic acids is 1. The third-order valence-corrected chi connectivity index (χ3v) is 7.40. The number of nitrogens with one attached hydrogen (secondary N) is 1. The number of nitrogens with zero attached hydrogens (tertiary/aromatic N) is 4. The van der Waals surface area contributed by atoms with Crippen LogP contribution in [-0.4, -0.2) is 31.4 Å². The molecule has 0 aliphatic heterocycles. The Balaban J connectivity index is 1.29. The summed E-state index contributed by atoms with van der Waals surface area (Å²) < 4.78 is 7.48. The number of aryl methyl sites for hydroxylation is 1. The zero-order valence-electron chi connectivity index (χ0n) is 18.6. The van der Waals surface area contributed by atoms with Crippen molar-refractivity contribution in [3.05, 3.63) is 94.2 Å². The summed E-state index contributed by atoms with van der Waals surface area (Å²) in [6.07, 6.45) is 4.03. The number of rotatable bonds is 8. The molecule has 5 rings (SSSR count). The molecule has 10 heteroatoms. The number of benzene rings is 2. The molecular weight excluding hydrogens is 502 g/mol. The molecule has 176 valence electrons. The van der Waals surface area contributed by atoms with Crippen LogP contribution in [0.3, 0.4) is 0 Å². The van der Waals surface area contributed by atoms with E-state index in [2.05, 4.69) is 20.5 Å².